The van der Waals surface area contributed by atoms with Crippen molar-refractivity contribution in [1.29, 1.82) is 0 Å². The van der Waals surface area contributed by atoms with Gasteiger partial charge in [0.25, 0.3) is 5.91 Å². The highest BCUT2D eigenvalue weighted by Gasteiger charge is 2.57. The van der Waals surface area contributed by atoms with Crippen molar-refractivity contribution >= 4 is 23.6 Å². The fourth-order valence-electron chi connectivity index (χ4n) is 6.17. The van der Waals surface area contributed by atoms with E-state index >= 15 is 0 Å². The molecule has 0 radical (unpaired) electrons. The SMILES string of the molecule is NC(=O)[C@@]1(C2CC2)COc2c1cc(C(CNC(=O)c1ccc3c(c1)C=C(C1CC1)NN3)C(F)(F)F)nc2-c1ccc(F)cc1. The lowest BCUT2D eigenvalue weighted by molar-refractivity contribution is -0.149. The number of aromatic nitrogens is 1. The van der Waals surface area contributed by atoms with Gasteiger partial charge in [-0.25, -0.2) is 9.37 Å². The Bertz CT molecular complexity index is 1700. The molecule has 3 aromatic rings. The number of anilines is 1. The van der Waals surface area contributed by atoms with Gasteiger partial charge in [0.05, 0.1) is 11.4 Å². The number of amides is 2. The third-order valence-corrected chi connectivity index (χ3v) is 8.95. The number of primary amides is 1. The molecule has 2 saturated carbocycles. The number of ether oxygens (including phenoxy) is 1. The Balaban J connectivity index is 1.23. The zero-order valence-electron chi connectivity index (χ0n) is 23.4. The number of hydrazine groups is 1. The molecule has 7 rings (SSSR count). The molecule has 2 aliphatic carbocycles. The summed E-state index contributed by atoms with van der Waals surface area (Å²) in [7, 11) is 0. The van der Waals surface area contributed by atoms with Crippen LogP contribution in [-0.2, 0) is 10.2 Å². The van der Waals surface area contributed by atoms with E-state index < -0.39 is 47.4 Å². The van der Waals surface area contributed by atoms with E-state index in [2.05, 4.69) is 21.2 Å². The summed E-state index contributed by atoms with van der Waals surface area (Å²) in [5.74, 6) is -3.69. The number of carbonyl (C=O) groups is 2. The largest absolute Gasteiger partial charge is 0.489 e. The fraction of sp³-hybridized carbons (Fsp3) is 0.344. The van der Waals surface area contributed by atoms with E-state index in [4.69, 9.17) is 10.5 Å². The number of rotatable bonds is 8. The molecule has 0 bridgehead atoms. The van der Waals surface area contributed by atoms with Crippen molar-refractivity contribution in [3.63, 3.8) is 0 Å². The number of carbonyl (C=O) groups excluding carboxylic acids is 2. The molecule has 3 heterocycles. The lowest BCUT2D eigenvalue weighted by atomic mass is 9.76. The quantitative estimate of drug-likeness (QED) is 0.263. The van der Waals surface area contributed by atoms with Gasteiger partial charge in [-0.05, 0) is 86.2 Å². The van der Waals surface area contributed by atoms with E-state index in [-0.39, 0.29) is 35.1 Å². The molecule has 5 N–H and O–H groups in total. The van der Waals surface area contributed by atoms with Crippen LogP contribution in [0, 0.1) is 17.7 Å². The Morgan fingerprint density at radius 3 is 2.48 bits per heavy atom. The summed E-state index contributed by atoms with van der Waals surface area (Å²) in [5, 5.41) is 2.44. The first kappa shape index (κ1) is 28.2. The van der Waals surface area contributed by atoms with Gasteiger partial charge in [0, 0.05) is 40.4 Å². The number of alkyl halides is 3. The van der Waals surface area contributed by atoms with Crippen LogP contribution in [0.4, 0.5) is 23.2 Å². The predicted octanol–water partition coefficient (Wildman–Crippen LogP) is 5.17. The van der Waals surface area contributed by atoms with Crippen LogP contribution in [-0.4, -0.2) is 36.1 Å². The Hall–Kier alpha value is -4.61. The summed E-state index contributed by atoms with van der Waals surface area (Å²) in [6, 6.07) is 11.2. The van der Waals surface area contributed by atoms with E-state index in [0.717, 1.165) is 29.8 Å². The molecule has 1 aromatic heterocycles. The number of halogens is 4. The highest BCUT2D eigenvalue weighted by atomic mass is 19.4. The number of fused-ring (bicyclic) bond motifs is 2. The first-order valence-electron chi connectivity index (χ1n) is 14.5. The Labute approximate surface area is 250 Å². The minimum Gasteiger partial charge on any atom is -0.489 e. The minimum atomic E-state index is -4.81. The number of nitrogens with one attached hydrogen (secondary N) is 3. The van der Waals surface area contributed by atoms with E-state index in [1.54, 1.807) is 12.1 Å². The molecular formula is C32H29F4N5O3. The van der Waals surface area contributed by atoms with Gasteiger partial charge >= 0.3 is 6.18 Å². The standard InChI is InChI=1S/C32H29F4N5O3/c33-21-8-3-17(4-9-21)27-28-22(31(15-44-28,30(37)43)20-6-7-20)13-26(39-27)23(32(34,35)36)14-38-29(42)18-5-10-24-19(11-18)12-25(41-40-24)16-1-2-16/h3-5,8-13,16,20,23,40-41H,1-2,6-7,14-15H2,(H2,37,43)(H,38,42)/t23?,31-/m1/s1. The average Bonchev–Trinajstić information content (AvgIpc) is 3.93. The highest BCUT2D eigenvalue weighted by molar-refractivity contribution is 5.96. The van der Waals surface area contributed by atoms with Gasteiger partial charge in [0.15, 0.2) is 0 Å². The summed E-state index contributed by atoms with van der Waals surface area (Å²) in [6.45, 7) is -0.917. The number of hydrogen-bond acceptors (Lipinski definition) is 6. The lowest BCUT2D eigenvalue weighted by Crippen LogP contribution is -2.45. The molecule has 2 aliphatic heterocycles. The van der Waals surface area contributed by atoms with E-state index in [1.165, 1.54) is 36.4 Å². The Morgan fingerprint density at radius 2 is 1.82 bits per heavy atom. The van der Waals surface area contributed by atoms with Crippen molar-refractivity contribution in [2.45, 2.75) is 43.2 Å². The average molecular weight is 608 g/mol. The maximum absolute atomic E-state index is 14.7. The van der Waals surface area contributed by atoms with Gasteiger partial charge in [-0.15, -0.1) is 0 Å². The van der Waals surface area contributed by atoms with Crippen molar-refractivity contribution in [3.05, 3.63) is 82.4 Å². The maximum Gasteiger partial charge on any atom is 0.398 e. The Morgan fingerprint density at radius 1 is 1.07 bits per heavy atom. The van der Waals surface area contributed by atoms with Crippen molar-refractivity contribution in [2.75, 3.05) is 18.6 Å². The molecule has 2 fully saturated rings. The molecule has 2 aromatic carbocycles. The van der Waals surface area contributed by atoms with Gasteiger partial charge in [0.2, 0.25) is 5.91 Å². The summed E-state index contributed by atoms with van der Waals surface area (Å²) in [5.41, 5.74) is 13.7. The number of hydrogen-bond donors (Lipinski definition) is 4. The third kappa shape index (κ3) is 4.91. The van der Waals surface area contributed by atoms with Crippen molar-refractivity contribution in [1.82, 2.24) is 15.7 Å². The summed E-state index contributed by atoms with van der Waals surface area (Å²) in [6.07, 6.45) is 0.632. The smallest absolute Gasteiger partial charge is 0.398 e. The predicted molar refractivity (Wildman–Crippen MR) is 154 cm³/mol. The van der Waals surface area contributed by atoms with Crippen molar-refractivity contribution < 1.29 is 31.9 Å². The van der Waals surface area contributed by atoms with Crippen LogP contribution in [0.2, 0.25) is 0 Å². The first-order valence-corrected chi connectivity index (χ1v) is 14.5. The van der Waals surface area contributed by atoms with E-state index in [9.17, 15) is 27.2 Å². The summed E-state index contributed by atoms with van der Waals surface area (Å²) >= 11 is 0. The first-order chi connectivity index (χ1) is 21.0. The highest BCUT2D eigenvalue weighted by Crippen LogP contribution is 2.55. The number of nitrogens with zero attached hydrogens (tertiary/aromatic N) is 1. The maximum atomic E-state index is 14.7. The fourth-order valence-corrected chi connectivity index (χ4v) is 6.17. The number of allylic oxidation sites excluding steroid dienone is 1. The zero-order chi connectivity index (χ0) is 30.8. The lowest BCUT2D eigenvalue weighted by Gasteiger charge is -2.26. The minimum absolute atomic E-state index is 0.0518. The molecule has 12 heteroatoms. The van der Waals surface area contributed by atoms with Gasteiger partial charge in [-0.2, -0.15) is 13.2 Å². The van der Waals surface area contributed by atoms with Gasteiger partial charge in [-0.3, -0.25) is 9.59 Å². The molecule has 0 spiro atoms. The molecule has 228 valence electrons. The number of pyridine rings is 1. The van der Waals surface area contributed by atoms with Crippen molar-refractivity contribution in [3.8, 4) is 17.0 Å². The van der Waals surface area contributed by atoms with Crippen LogP contribution in [0.1, 0.15) is 58.8 Å². The van der Waals surface area contributed by atoms with Crippen LogP contribution in [0.25, 0.3) is 17.3 Å². The molecule has 1 unspecified atom stereocenters. The summed E-state index contributed by atoms with van der Waals surface area (Å²) < 4.78 is 63.7. The zero-order valence-corrected chi connectivity index (χ0v) is 23.4. The second kappa shape index (κ2) is 10.2. The van der Waals surface area contributed by atoms with Crippen LogP contribution >= 0.6 is 0 Å². The second-order valence-electron chi connectivity index (χ2n) is 11.9. The van der Waals surface area contributed by atoms with Gasteiger partial charge in [0.1, 0.15) is 35.2 Å². The van der Waals surface area contributed by atoms with Crippen LogP contribution in [0.3, 0.4) is 0 Å². The normalized spacial score (nSPS) is 21.1. The molecule has 2 amide bonds. The van der Waals surface area contributed by atoms with Crippen molar-refractivity contribution in [2.24, 2.45) is 17.6 Å². The van der Waals surface area contributed by atoms with Gasteiger partial charge in [-0.1, -0.05) is 0 Å². The van der Waals surface area contributed by atoms with Crippen LogP contribution in [0.5, 0.6) is 5.75 Å². The molecular weight excluding hydrogens is 578 g/mol. The van der Waals surface area contributed by atoms with Crippen LogP contribution in [0.15, 0.2) is 54.2 Å². The third-order valence-electron chi connectivity index (χ3n) is 8.95. The molecule has 44 heavy (non-hydrogen) atoms. The molecule has 4 aliphatic rings. The van der Waals surface area contributed by atoms with E-state index in [0.29, 0.717) is 24.3 Å². The topological polar surface area (TPSA) is 118 Å². The molecule has 2 atom stereocenters. The van der Waals surface area contributed by atoms with E-state index in [1.807, 2.05) is 6.08 Å². The number of benzene rings is 2. The molecule has 8 nitrogen and oxygen atoms in total. The second-order valence-corrected chi connectivity index (χ2v) is 11.9. The van der Waals surface area contributed by atoms with Crippen LogP contribution < -0.4 is 26.6 Å². The summed E-state index contributed by atoms with van der Waals surface area (Å²) in [4.78, 5) is 30.4. The Kier molecular flexibility index (Phi) is 6.56. The van der Waals surface area contributed by atoms with Gasteiger partial charge < -0.3 is 26.6 Å². The monoisotopic (exact) mass is 607 g/mol. The number of nitrogens with two attached hydrogens (primary N) is 1. The molecule has 0 saturated heterocycles.